The lowest BCUT2D eigenvalue weighted by Gasteiger charge is -2.05. The SMILES string of the molecule is Cc1cc(CSc2n[nH]c(CCC3CCCC3)n2)on1. The molecule has 0 amide bonds. The summed E-state index contributed by atoms with van der Waals surface area (Å²) in [6.45, 7) is 1.92. The lowest BCUT2D eigenvalue weighted by molar-refractivity contribution is 0.391. The van der Waals surface area contributed by atoms with E-state index in [9.17, 15) is 0 Å². The van der Waals surface area contributed by atoms with E-state index in [0.717, 1.165) is 40.5 Å². The van der Waals surface area contributed by atoms with Crippen molar-refractivity contribution in [1.29, 1.82) is 0 Å². The third kappa shape index (κ3) is 3.62. The summed E-state index contributed by atoms with van der Waals surface area (Å²) in [7, 11) is 0. The van der Waals surface area contributed by atoms with Gasteiger partial charge in [0, 0.05) is 12.5 Å². The van der Waals surface area contributed by atoms with E-state index in [4.69, 9.17) is 4.52 Å². The van der Waals surface area contributed by atoms with Gasteiger partial charge in [0.2, 0.25) is 5.16 Å². The van der Waals surface area contributed by atoms with Crippen LogP contribution in [-0.2, 0) is 12.2 Å². The summed E-state index contributed by atoms with van der Waals surface area (Å²) in [5.74, 6) is 3.49. The Morgan fingerprint density at radius 2 is 2.25 bits per heavy atom. The highest BCUT2D eigenvalue weighted by molar-refractivity contribution is 7.98. The highest BCUT2D eigenvalue weighted by Gasteiger charge is 2.15. The highest BCUT2D eigenvalue weighted by atomic mass is 32.2. The van der Waals surface area contributed by atoms with Crippen LogP contribution in [-0.4, -0.2) is 20.3 Å². The number of nitrogens with zero attached hydrogens (tertiary/aromatic N) is 3. The van der Waals surface area contributed by atoms with Gasteiger partial charge in [0.25, 0.3) is 0 Å². The van der Waals surface area contributed by atoms with Crippen LogP contribution >= 0.6 is 11.8 Å². The van der Waals surface area contributed by atoms with E-state index < -0.39 is 0 Å². The van der Waals surface area contributed by atoms with Gasteiger partial charge in [-0.1, -0.05) is 42.6 Å². The Hall–Kier alpha value is -1.30. The summed E-state index contributed by atoms with van der Waals surface area (Å²) >= 11 is 1.58. The zero-order valence-corrected chi connectivity index (χ0v) is 12.6. The van der Waals surface area contributed by atoms with Crippen molar-refractivity contribution in [3.8, 4) is 0 Å². The van der Waals surface area contributed by atoms with Crippen LogP contribution in [0.1, 0.15) is 49.4 Å². The molecular weight excluding hydrogens is 272 g/mol. The Morgan fingerprint density at radius 3 is 3.00 bits per heavy atom. The van der Waals surface area contributed by atoms with E-state index in [2.05, 4.69) is 20.3 Å². The quantitative estimate of drug-likeness (QED) is 0.825. The minimum Gasteiger partial charge on any atom is -0.360 e. The molecule has 0 radical (unpaired) electrons. The van der Waals surface area contributed by atoms with E-state index in [1.165, 1.54) is 32.1 Å². The molecule has 1 N–H and O–H groups in total. The van der Waals surface area contributed by atoms with E-state index in [1.807, 2.05) is 13.0 Å². The fourth-order valence-corrected chi connectivity index (χ4v) is 3.41. The minimum atomic E-state index is 0.723. The smallest absolute Gasteiger partial charge is 0.208 e. The molecule has 0 bridgehead atoms. The van der Waals surface area contributed by atoms with Crippen molar-refractivity contribution in [2.75, 3.05) is 0 Å². The Morgan fingerprint density at radius 1 is 1.40 bits per heavy atom. The van der Waals surface area contributed by atoms with Gasteiger partial charge in [0.15, 0.2) is 0 Å². The van der Waals surface area contributed by atoms with E-state index >= 15 is 0 Å². The maximum Gasteiger partial charge on any atom is 0.208 e. The first-order valence-electron chi connectivity index (χ1n) is 7.26. The van der Waals surface area contributed by atoms with Crippen molar-refractivity contribution in [1.82, 2.24) is 20.3 Å². The normalized spacial score (nSPS) is 16.1. The van der Waals surface area contributed by atoms with Gasteiger partial charge < -0.3 is 4.52 Å². The van der Waals surface area contributed by atoms with Gasteiger partial charge in [-0.3, -0.25) is 5.10 Å². The first-order chi connectivity index (χ1) is 9.79. The monoisotopic (exact) mass is 292 g/mol. The number of hydrogen-bond donors (Lipinski definition) is 1. The molecule has 5 nitrogen and oxygen atoms in total. The topological polar surface area (TPSA) is 67.6 Å². The van der Waals surface area contributed by atoms with Crippen LogP contribution < -0.4 is 0 Å². The van der Waals surface area contributed by atoms with Crippen LogP contribution in [0.5, 0.6) is 0 Å². The zero-order valence-electron chi connectivity index (χ0n) is 11.8. The molecule has 1 aliphatic rings. The minimum absolute atomic E-state index is 0.723. The standard InChI is InChI=1S/C14H20N4OS/c1-10-8-12(19-18-10)9-20-14-15-13(16-17-14)7-6-11-4-2-3-5-11/h8,11H,2-7,9H2,1H3,(H,15,16,17). The summed E-state index contributed by atoms with van der Waals surface area (Å²) in [4.78, 5) is 4.53. The molecule has 0 saturated heterocycles. The number of rotatable bonds is 6. The average molecular weight is 292 g/mol. The van der Waals surface area contributed by atoms with Gasteiger partial charge in [0.05, 0.1) is 11.4 Å². The van der Waals surface area contributed by atoms with Gasteiger partial charge in [-0.2, -0.15) is 0 Å². The summed E-state index contributed by atoms with van der Waals surface area (Å²) in [6, 6.07) is 1.95. The lowest BCUT2D eigenvalue weighted by atomic mass is 10.0. The highest BCUT2D eigenvalue weighted by Crippen LogP contribution is 2.28. The number of thioether (sulfide) groups is 1. The molecule has 0 unspecified atom stereocenters. The molecule has 20 heavy (non-hydrogen) atoms. The second kappa shape index (κ2) is 6.43. The van der Waals surface area contributed by atoms with Crippen molar-refractivity contribution in [3.05, 3.63) is 23.3 Å². The van der Waals surface area contributed by atoms with Crippen LogP contribution in [0.2, 0.25) is 0 Å². The number of aromatic nitrogens is 4. The largest absolute Gasteiger partial charge is 0.360 e. The Bertz CT molecular complexity index is 545. The number of aryl methyl sites for hydroxylation is 2. The fourth-order valence-electron chi connectivity index (χ4n) is 2.71. The average Bonchev–Trinajstić information content (AvgIpc) is 3.16. The molecule has 0 aromatic carbocycles. The molecule has 1 saturated carbocycles. The molecule has 6 heteroatoms. The molecule has 2 aromatic heterocycles. The van der Waals surface area contributed by atoms with Crippen molar-refractivity contribution >= 4 is 11.8 Å². The van der Waals surface area contributed by atoms with Gasteiger partial charge in [-0.05, 0) is 19.3 Å². The molecule has 1 fully saturated rings. The van der Waals surface area contributed by atoms with E-state index in [0.29, 0.717) is 0 Å². The predicted octanol–water partition coefficient (Wildman–Crippen LogP) is 3.52. The van der Waals surface area contributed by atoms with E-state index in [1.54, 1.807) is 11.8 Å². The predicted molar refractivity (Wildman–Crippen MR) is 77.5 cm³/mol. The third-order valence-corrected chi connectivity index (χ3v) is 4.67. The van der Waals surface area contributed by atoms with Gasteiger partial charge in [-0.15, -0.1) is 5.10 Å². The number of nitrogens with one attached hydrogen (secondary N) is 1. The molecule has 0 spiro atoms. The van der Waals surface area contributed by atoms with Crippen molar-refractivity contribution in [2.45, 2.75) is 56.4 Å². The second-order valence-electron chi connectivity index (χ2n) is 5.48. The fraction of sp³-hybridized carbons (Fsp3) is 0.643. The number of aromatic amines is 1. The Kier molecular flexibility index (Phi) is 4.40. The third-order valence-electron chi connectivity index (χ3n) is 3.80. The first-order valence-corrected chi connectivity index (χ1v) is 8.24. The molecule has 2 heterocycles. The molecular formula is C14H20N4OS. The van der Waals surface area contributed by atoms with Crippen molar-refractivity contribution < 1.29 is 4.52 Å². The molecule has 108 valence electrons. The van der Waals surface area contributed by atoms with Crippen molar-refractivity contribution in [3.63, 3.8) is 0 Å². The first kappa shape index (κ1) is 13.7. The molecule has 1 aliphatic carbocycles. The maximum absolute atomic E-state index is 5.17. The van der Waals surface area contributed by atoms with E-state index in [-0.39, 0.29) is 0 Å². The molecule has 0 aliphatic heterocycles. The van der Waals surface area contributed by atoms with Crippen LogP contribution in [0.25, 0.3) is 0 Å². The van der Waals surface area contributed by atoms with Gasteiger partial charge >= 0.3 is 0 Å². The summed E-state index contributed by atoms with van der Waals surface area (Å²) in [6.07, 6.45) is 7.83. The zero-order chi connectivity index (χ0) is 13.8. The Balaban J connectivity index is 1.46. The lowest BCUT2D eigenvalue weighted by Crippen LogP contribution is -1.97. The number of H-pyrrole nitrogens is 1. The van der Waals surface area contributed by atoms with Crippen LogP contribution in [0.15, 0.2) is 15.7 Å². The van der Waals surface area contributed by atoms with Crippen LogP contribution in [0.3, 0.4) is 0 Å². The molecule has 3 rings (SSSR count). The number of hydrogen-bond acceptors (Lipinski definition) is 5. The summed E-state index contributed by atoms with van der Waals surface area (Å²) < 4.78 is 5.17. The van der Waals surface area contributed by atoms with Crippen LogP contribution in [0.4, 0.5) is 0 Å². The molecule has 0 atom stereocenters. The molecule has 2 aromatic rings. The van der Waals surface area contributed by atoms with Crippen molar-refractivity contribution in [2.24, 2.45) is 5.92 Å². The summed E-state index contributed by atoms with van der Waals surface area (Å²) in [5.41, 5.74) is 0.910. The Labute approximate surface area is 122 Å². The van der Waals surface area contributed by atoms with Gasteiger partial charge in [0.1, 0.15) is 11.6 Å². The second-order valence-corrected chi connectivity index (χ2v) is 6.42. The summed E-state index contributed by atoms with van der Waals surface area (Å²) in [5, 5.41) is 12.0. The van der Waals surface area contributed by atoms with Crippen LogP contribution in [0, 0.1) is 12.8 Å². The maximum atomic E-state index is 5.17. The van der Waals surface area contributed by atoms with Gasteiger partial charge in [-0.25, -0.2) is 4.98 Å².